The molecule has 0 aromatic carbocycles. The number of hydrogen-bond donors (Lipinski definition) is 1. The standard InChI is InChI=1S/C19H24O6/c1-10(2)16(20)24-14-9-18(5)6-7-19(22,25-18)11(3)8-13-15(14)12(4)17(21)23-13/h6-8,10,13-15,22H,4,9H2,1-3,5H3/t13-,14+,15-,18-,19+/m0/s1. The minimum atomic E-state index is -1.56. The zero-order valence-electron chi connectivity index (χ0n) is 14.9. The topological polar surface area (TPSA) is 82.1 Å². The van der Waals surface area contributed by atoms with Crippen LogP contribution >= 0.6 is 0 Å². The molecule has 0 aliphatic carbocycles. The van der Waals surface area contributed by atoms with Crippen LogP contribution in [-0.2, 0) is 23.8 Å². The van der Waals surface area contributed by atoms with E-state index in [4.69, 9.17) is 14.2 Å². The van der Waals surface area contributed by atoms with Crippen LogP contribution in [0.3, 0.4) is 0 Å². The monoisotopic (exact) mass is 348 g/mol. The van der Waals surface area contributed by atoms with Gasteiger partial charge in [-0.2, -0.15) is 0 Å². The Morgan fingerprint density at radius 1 is 1.44 bits per heavy atom. The molecule has 3 rings (SSSR count). The second kappa shape index (κ2) is 5.81. The van der Waals surface area contributed by atoms with Gasteiger partial charge in [0.05, 0.1) is 17.4 Å². The van der Waals surface area contributed by atoms with Gasteiger partial charge < -0.3 is 19.3 Å². The quantitative estimate of drug-likeness (QED) is 0.467. The molecular formula is C19H24O6. The molecule has 0 spiro atoms. The Morgan fingerprint density at radius 2 is 2.12 bits per heavy atom. The van der Waals surface area contributed by atoms with Crippen LogP contribution in [0.5, 0.6) is 0 Å². The lowest BCUT2D eigenvalue weighted by atomic mass is 9.83. The Hall–Kier alpha value is -1.92. The van der Waals surface area contributed by atoms with Crippen molar-refractivity contribution in [2.75, 3.05) is 0 Å². The van der Waals surface area contributed by atoms with Gasteiger partial charge in [-0.25, -0.2) is 4.79 Å². The summed E-state index contributed by atoms with van der Waals surface area (Å²) in [6, 6.07) is 0. The van der Waals surface area contributed by atoms with Crippen molar-refractivity contribution < 1.29 is 28.9 Å². The lowest BCUT2D eigenvalue weighted by Gasteiger charge is -2.33. The van der Waals surface area contributed by atoms with Crippen LogP contribution in [0.2, 0.25) is 0 Å². The van der Waals surface area contributed by atoms with Gasteiger partial charge in [-0.05, 0) is 31.6 Å². The second-order valence-electron chi connectivity index (χ2n) is 7.55. The van der Waals surface area contributed by atoms with Crippen molar-refractivity contribution >= 4 is 11.9 Å². The summed E-state index contributed by atoms with van der Waals surface area (Å²) in [5.41, 5.74) is -0.0548. The molecule has 0 unspecified atom stereocenters. The minimum absolute atomic E-state index is 0.271. The molecule has 0 radical (unpaired) electrons. The van der Waals surface area contributed by atoms with Gasteiger partial charge in [-0.1, -0.05) is 26.5 Å². The third-order valence-corrected chi connectivity index (χ3v) is 5.04. The Kier molecular flexibility index (Phi) is 4.16. The molecule has 0 aromatic heterocycles. The van der Waals surface area contributed by atoms with Crippen molar-refractivity contribution in [3.8, 4) is 0 Å². The zero-order valence-corrected chi connectivity index (χ0v) is 14.9. The minimum Gasteiger partial charge on any atom is -0.461 e. The van der Waals surface area contributed by atoms with Crippen molar-refractivity contribution in [2.24, 2.45) is 11.8 Å². The molecule has 0 amide bonds. The van der Waals surface area contributed by atoms with Gasteiger partial charge in [0.25, 0.3) is 0 Å². The van der Waals surface area contributed by atoms with Crippen molar-refractivity contribution in [1.82, 2.24) is 0 Å². The number of carbonyl (C=O) groups excluding carboxylic acids is 2. The fourth-order valence-corrected chi connectivity index (χ4v) is 3.51. The molecule has 25 heavy (non-hydrogen) atoms. The van der Waals surface area contributed by atoms with Crippen LogP contribution in [0.15, 0.2) is 36.0 Å². The van der Waals surface area contributed by atoms with Crippen molar-refractivity contribution in [3.63, 3.8) is 0 Å². The van der Waals surface area contributed by atoms with E-state index in [-0.39, 0.29) is 23.9 Å². The molecule has 1 fully saturated rings. The number of esters is 2. The first kappa shape index (κ1) is 17.9. The summed E-state index contributed by atoms with van der Waals surface area (Å²) in [7, 11) is 0. The Labute approximate surface area is 147 Å². The maximum Gasteiger partial charge on any atom is 0.334 e. The average molecular weight is 348 g/mol. The molecule has 0 aromatic rings. The van der Waals surface area contributed by atoms with E-state index in [2.05, 4.69) is 6.58 Å². The van der Waals surface area contributed by atoms with Gasteiger partial charge in [0.2, 0.25) is 5.79 Å². The SMILES string of the molecule is C=C1C(=O)O[C@H]2C=C(C)[C@@]3(O)C=C[C@@](C)(C[C@@H](OC(=O)C(C)C)[C@@H]12)O3. The zero-order chi connectivity index (χ0) is 18.6. The van der Waals surface area contributed by atoms with Crippen LogP contribution in [-0.4, -0.2) is 40.6 Å². The summed E-state index contributed by atoms with van der Waals surface area (Å²) in [5.74, 6) is -3.26. The molecule has 1 N–H and O–H groups in total. The Balaban J connectivity index is 2.04. The van der Waals surface area contributed by atoms with Gasteiger partial charge in [0.15, 0.2) is 0 Å². The number of fused-ring (bicyclic) bond motifs is 3. The predicted molar refractivity (Wildman–Crippen MR) is 89.2 cm³/mol. The molecule has 2 bridgehead atoms. The van der Waals surface area contributed by atoms with Crippen molar-refractivity contribution in [3.05, 3.63) is 36.0 Å². The maximum absolute atomic E-state index is 12.2. The summed E-state index contributed by atoms with van der Waals surface area (Å²) >= 11 is 0. The number of carbonyl (C=O) groups is 2. The van der Waals surface area contributed by atoms with E-state index in [0.717, 1.165) is 0 Å². The van der Waals surface area contributed by atoms with E-state index in [9.17, 15) is 14.7 Å². The summed E-state index contributed by atoms with van der Waals surface area (Å²) < 4.78 is 17.0. The lowest BCUT2D eigenvalue weighted by Crippen LogP contribution is -2.41. The molecule has 0 saturated carbocycles. The van der Waals surface area contributed by atoms with Crippen molar-refractivity contribution in [1.29, 1.82) is 0 Å². The molecular weight excluding hydrogens is 324 g/mol. The highest BCUT2D eigenvalue weighted by atomic mass is 16.6. The first-order valence-electron chi connectivity index (χ1n) is 8.47. The first-order valence-corrected chi connectivity index (χ1v) is 8.47. The van der Waals surface area contributed by atoms with E-state index >= 15 is 0 Å². The molecule has 6 heteroatoms. The van der Waals surface area contributed by atoms with Gasteiger partial charge in [-0.3, -0.25) is 4.79 Å². The summed E-state index contributed by atoms with van der Waals surface area (Å²) in [6.07, 6.45) is 3.96. The molecule has 1 saturated heterocycles. The third-order valence-electron chi connectivity index (χ3n) is 5.04. The van der Waals surface area contributed by atoms with E-state index in [0.29, 0.717) is 5.57 Å². The van der Waals surface area contributed by atoms with E-state index in [1.54, 1.807) is 39.0 Å². The molecule has 6 nitrogen and oxygen atoms in total. The largest absolute Gasteiger partial charge is 0.461 e. The van der Waals surface area contributed by atoms with Gasteiger partial charge in [0, 0.05) is 12.0 Å². The van der Waals surface area contributed by atoms with Crippen LogP contribution in [0.4, 0.5) is 0 Å². The fourth-order valence-electron chi connectivity index (χ4n) is 3.51. The van der Waals surface area contributed by atoms with Gasteiger partial charge in [-0.15, -0.1) is 0 Å². The third kappa shape index (κ3) is 3.04. The van der Waals surface area contributed by atoms with E-state index in [1.165, 1.54) is 0 Å². The fraction of sp³-hybridized carbons (Fsp3) is 0.579. The molecule has 3 heterocycles. The number of hydrogen-bond acceptors (Lipinski definition) is 6. The number of rotatable bonds is 2. The van der Waals surface area contributed by atoms with Crippen LogP contribution in [0.1, 0.15) is 34.1 Å². The number of aliphatic hydroxyl groups is 1. The molecule has 136 valence electrons. The highest BCUT2D eigenvalue weighted by molar-refractivity contribution is 5.91. The molecule has 3 aliphatic rings. The van der Waals surface area contributed by atoms with Crippen molar-refractivity contribution in [2.45, 2.75) is 57.7 Å². The Bertz CT molecular complexity index is 690. The van der Waals surface area contributed by atoms with Gasteiger partial charge in [0.1, 0.15) is 12.2 Å². The highest BCUT2D eigenvalue weighted by Crippen LogP contribution is 2.44. The Morgan fingerprint density at radius 3 is 2.76 bits per heavy atom. The smallest absolute Gasteiger partial charge is 0.334 e. The van der Waals surface area contributed by atoms with Crippen LogP contribution in [0, 0.1) is 11.8 Å². The van der Waals surface area contributed by atoms with Gasteiger partial charge >= 0.3 is 11.9 Å². The summed E-state index contributed by atoms with van der Waals surface area (Å²) in [6.45, 7) is 10.9. The molecule has 5 atom stereocenters. The molecule has 3 aliphatic heterocycles. The first-order chi connectivity index (χ1) is 11.5. The summed E-state index contributed by atoms with van der Waals surface area (Å²) in [5, 5.41) is 10.7. The number of ether oxygens (including phenoxy) is 3. The van der Waals surface area contributed by atoms with Crippen LogP contribution in [0.25, 0.3) is 0 Å². The highest BCUT2D eigenvalue weighted by Gasteiger charge is 2.52. The summed E-state index contributed by atoms with van der Waals surface area (Å²) in [4.78, 5) is 24.3. The normalized spacial score (nSPS) is 40.1. The second-order valence-corrected chi connectivity index (χ2v) is 7.55. The maximum atomic E-state index is 12.2. The average Bonchev–Trinajstić information content (AvgIpc) is 2.97. The lowest BCUT2D eigenvalue weighted by molar-refractivity contribution is -0.190. The van der Waals surface area contributed by atoms with Crippen LogP contribution < -0.4 is 0 Å². The van der Waals surface area contributed by atoms with E-state index < -0.39 is 35.5 Å². The van der Waals surface area contributed by atoms with E-state index in [1.807, 2.05) is 6.92 Å². The predicted octanol–water partition coefficient (Wildman–Crippen LogP) is 2.04.